The Bertz CT molecular complexity index is 1400. The van der Waals surface area contributed by atoms with E-state index in [1.54, 1.807) is 0 Å². The topological polar surface area (TPSA) is 96.6 Å². The number of anilines is 3. The normalized spacial score (nSPS) is 24.6. The van der Waals surface area contributed by atoms with Crippen LogP contribution in [0.25, 0.3) is 0 Å². The molecule has 1 amide bonds. The molecule has 3 heterocycles. The van der Waals surface area contributed by atoms with Crippen molar-refractivity contribution in [2.75, 3.05) is 42.1 Å². The first-order chi connectivity index (χ1) is 19.7. The van der Waals surface area contributed by atoms with Gasteiger partial charge in [-0.25, -0.2) is 0 Å². The van der Waals surface area contributed by atoms with Crippen molar-refractivity contribution in [3.63, 3.8) is 0 Å². The smallest absolute Gasteiger partial charge is 0.320 e. The third-order valence-corrected chi connectivity index (χ3v) is 4.71. The second-order valence-corrected chi connectivity index (χ2v) is 6.89. The van der Waals surface area contributed by atoms with Crippen molar-refractivity contribution in [3.8, 4) is 6.01 Å². The average Bonchev–Trinajstić information content (AvgIpc) is 3.41. The lowest BCUT2D eigenvalue weighted by Crippen LogP contribution is -2.39. The van der Waals surface area contributed by atoms with Gasteiger partial charge in [0.25, 0.3) is 0 Å². The van der Waals surface area contributed by atoms with Crippen molar-refractivity contribution in [3.05, 3.63) is 35.3 Å². The highest BCUT2D eigenvalue weighted by atomic mass is 16.5. The van der Waals surface area contributed by atoms with E-state index in [4.69, 9.17) is 28.3 Å². The molecule has 8 nitrogen and oxygen atoms in total. The molecule has 8 heteroatoms. The molecule has 30 heavy (non-hydrogen) atoms. The number of fused-ring (bicyclic) bond motifs is 1. The highest BCUT2D eigenvalue weighted by molar-refractivity contribution is 6.03. The predicted octanol–water partition coefficient (Wildman–Crippen LogP) is 2.79. The fraction of sp³-hybridized carbons (Fsp3) is 0.500. The maximum absolute atomic E-state index is 12.5. The lowest BCUT2D eigenvalue weighted by molar-refractivity contribution is -0.115. The van der Waals surface area contributed by atoms with Crippen LogP contribution in [0, 0.1) is 0 Å². The summed E-state index contributed by atoms with van der Waals surface area (Å²) in [5.74, 6) is -1.22. The number of aromatic nitrogens is 2. The van der Waals surface area contributed by atoms with Crippen LogP contribution in [0.1, 0.15) is 61.4 Å². The molecule has 1 fully saturated rings. The van der Waals surface area contributed by atoms with Gasteiger partial charge in [-0.1, -0.05) is 37.4 Å². The van der Waals surface area contributed by atoms with E-state index >= 15 is 0 Å². The molecule has 3 N–H and O–H groups in total. The van der Waals surface area contributed by atoms with Crippen molar-refractivity contribution in [2.24, 2.45) is 0 Å². The van der Waals surface area contributed by atoms with Gasteiger partial charge in [0.05, 0.1) is 21.3 Å². The minimum Gasteiger partial charge on any atom is -0.463 e. The van der Waals surface area contributed by atoms with E-state index in [0.29, 0.717) is 0 Å². The molecule has 160 valence electrons. The molecule has 0 atom stereocenters. The van der Waals surface area contributed by atoms with Crippen molar-refractivity contribution in [1.29, 1.82) is 0 Å². The van der Waals surface area contributed by atoms with Gasteiger partial charge in [0.2, 0.25) is 5.91 Å². The molecule has 1 saturated heterocycles. The highest BCUT2D eigenvalue weighted by Gasteiger charge is 2.27. The summed E-state index contributed by atoms with van der Waals surface area (Å²) in [6, 6.07) is -2.01. The average molecular weight is 424 g/mol. The Morgan fingerprint density at radius 3 is 2.70 bits per heavy atom. The van der Waals surface area contributed by atoms with Crippen LogP contribution in [0.15, 0.2) is 24.2 Å². The number of nitrogen functional groups attached to an aromatic ring is 1. The van der Waals surface area contributed by atoms with Crippen LogP contribution in [0.4, 0.5) is 17.3 Å². The van der Waals surface area contributed by atoms with E-state index < -0.39 is 50.4 Å². The minimum atomic E-state index is -3.75. The second-order valence-electron chi connectivity index (χ2n) is 6.89. The number of carbonyl (C=O) groups is 1. The number of carbonyl (C=O) groups excluding carboxylic acids is 1. The Labute approximate surface area is 195 Å². The zero-order chi connectivity index (χ0) is 32.3. The van der Waals surface area contributed by atoms with E-state index in [1.807, 2.05) is 4.90 Å². The van der Waals surface area contributed by atoms with Gasteiger partial charge in [-0.05, 0) is 43.4 Å². The van der Waals surface area contributed by atoms with E-state index in [9.17, 15) is 4.79 Å². The molecular formula is C22H30N6O2. The number of hydrogen-bond donors (Lipinski definition) is 2. The summed E-state index contributed by atoms with van der Waals surface area (Å²) in [7, 11) is 0. The fourth-order valence-electron chi connectivity index (χ4n) is 3.37. The van der Waals surface area contributed by atoms with Gasteiger partial charge >= 0.3 is 6.01 Å². The number of benzene rings is 1. The quantitative estimate of drug-likeness (QED) is 0.674. The number of nitrogens with one attached hydrogen (secondary N) is 1. The van der Waals surface area contributed by atoms with Crippen LogP contribution < -0.4 is 20.7 Å². The molecule has 4 rings (SSSR count). The number of ether oxygens (including phenoxy) is 1. The summed E-state index contributed by atoms with van der Waals surface area (Å²) < 4.78 is 109. The molecule has 0 saturated carbocycles. The van der Waals surface area contributed by atoms with Gasteiger partial charge < -0.3 is 20.7 Å². The monoisotopic (exact) mass is 423 g/mol. The summed E-state index contributed by atoms with van der Waals surface area (Å²) in [5, 5.41) is 2.45. The first-order valence-corrected chi connectivity index (χ1v) is 9.41. The molecular weight excluding hydrogens is 380 g/mol. The molecule has 0 spiro atoms. The summed E-state index contributed by atoms with van der Waals surface area (Å²) in [4.78, 5) is 23.5. The summed E-state index contributed by atoms with van der Waals surface area (Å²) in [6.45, 7) is -6.16. The molecule has 0 unspecified atom stereocenters. The van der Waals surface area contributed by atoms with Gasteiger partial charge in [-0.15, -0.1) is 0 Å². The second kappa shape index (κ2) is 9.30. The van der Waals surface area contributed by atoms with Crippen LogP contribution >= 0.6 is 0 Å². The van der Waals surface area contributed by atoms with E-state index in [-0.39, 0.29) is 59.9 Å². The van der Waals surface area contributed by atoms with Gasteiger partial charge in [-0.3, -0.25) is 9.69 Å². The van der Waals surface area contributed by atoms with Crippen molar-refractivity contribution in [1.82, 2.24) is 14.9 Å². The number of rotatable bonds is 8. The lowest BCUT2D eigenvalue weighted by atomic mass is 10.1. The summed E-state index contributed by atoms with van der Waals surface area (Å²) >= 11 is 0. The molecule has 2 aliphatic heterocycles. The molecule has 1 aromatic heterocycles. The number of nitrogens with zero attached hydrogens (tertiary/aromatic N) is 4. The SMILES string of the molecule is [2H]c1c([2H])c(CN2CC(=O)Nc3c(N)nc(OC([2H])([2H])C([2H])([2H])C([2H])([2H])C([2H])([2H])[2H])nc32)c([2H])c([2H])c1CN1CCCC1. The van der Waals surface area contributed by atoms with Crippen LogP contribution in [-0.4, -0.2) is 47.0 Å². The van der Waals surface area contributed by atoms with Gasteiger partial charge in [-0.2, -0.15) is 9.97 Å². The highest BCUT2D eigenvalue weighted by Crippen LogP contribution is 2.34. The molecule has 2 aliphatic rings. The Balaban J connectivity index is 1.71. The maximum Gasteiger partial charge on any atom is 0.320 e. The Hall–Kier alpha value is -2.87. The molecule has 0 bridgehead atoms. The van der Waals surface area contributed by atoms with Gasteiger partial charge in [0, 0.05) is 22.7 Å². The van der Waals surface area contributed by atoms with E-state index in [0.717, 1.165) is 25.9 Å². The van der Waals surface area contributed by atoms with Crippen molar-refractivity contribution < 1.29 is 27.4 Å². The predicted molar refractivity (Wildman–Crippen MR) is 117 cm³/mol. The van der Waals surface area contributed by atoms with E-state index in [2.05, 4.69) is 15.3 Å². The molecule has 0 aliphatic carbocycles. The molecule has 0 radical (unpaired) electrons. The maximum atomic E-state index is 12.5. The standard InChI is InChI=1S/C22H30N6O2/c1-2-3-12-30-22-25-20(23)19-21(26-22)28(15-18(29)24-19)14-17-8-6-16(7-9-17)13-27-10-4-5-11-27/h6-9H,2-5,10-15H2,1H3,(H,24,29)(H2,23,25,26)/i1D3,2D2,3D2,6D,7D,8D,9D,12D2. The Morgan fingerprint density at radius 2 is 1.97 bits per heavy atom. The van der Waals surface area contributed by atoms with Crippen LogP contribution in [0.5, 0.6) is 6.01 Å². The lowest BCUT2D eigenvalue weighted by Gasteiger charge is -2.30. The zero-order valence-electron chi connectivity index (χ0n) is 29.1. The van der Waals surface area contributed by atoms with Gasteiger partial charge in [0.15, 0.2) is 11.6 Å². The van der Waals surface area contributed by atoms with Crippen LogP contribution in [-0.2, 0) is 17.9 Å². The third kappa shape index (κ3) is 4.81. The number of amides is 1. The summed E-state index contributed by atoms with van der Waals surface area (Å²) in [5.41, 5.74) is 6.00. The first kappa shape index (κ1) is 9.96. The van der Waals surface area contributed by atoms with Gasteiger partial charge in [0.1, 0.15) is 5.69 Å². The van der Waals surface area contributed by atoms with Crippen molar-refractivity contribution in [2.45, 2.75) is 45.5 Å². The van der Waals surface area contributed by atoms with E-state index in [1.165, 1.54) is 4.90 Å². The van der Waals surface area contributed by atoms with Crippen LogP contribution in [0.2, 0.25) is 0 Å². The minimum absolute atomic E-state index is 0.0574. The number of likely N-dealkylation sites (tertiary alicyclic amines) is 1. The first-order valence-electron chi connectivity index (χ1n) is 15.9. The molecule has 2 aromatic rings. The molecule has 1 aromatic carbocycles. The zero-order valence-corrected chi connectivity index (χ0v) is 16.1. The third-order valence-electron chi connectivity index (χ3n) is 4.71. The van der Waals surface area contributed by atoms with Crippen LogP contribution in [0.3, 0.4) is 0 Å². The Kier molecular flexibility index (Phi) is 3.09. The number of hydrogen-bond acceptors (Lipinski definition) is 7. The number of nitrogens with two attached hydrogens (primary N) is 1. The summed E-state index contributed by atoms with van der Waals surface area (Å²) in [6.07, 6.45) is -5.50. The largest absolute Gasteiger partial charge is 0.463 e. The Morgan fingerprint density at radius 1 is 1.23 bits per heavy atom. The van der Waals surface area contributed by atoms with Crippen molar-refractivity contribution >= 4 is 23.2 Å². The fourth-order valence-corrected chi connectivity index (χ4v) is 3.37.